The lowest BCUT2D eigenvalue weighted by molar-refractivity contribution is -0.149. The Hall–Kier alpha value is -2.55. The second kappa shape index (κ2) is 37.4. The molecule has 0 bridgehead atoms. The molecule has 312 valence electrons. The highest BCUT2D eigenvalue weighted by molar-refractivity contribution is 5.72. The maximum atomic E-state index is 13.1. The van der Waals surface area contributed by atoms with Crippen molar-refractivity contribution in [1.29, 1.82) is 0 Å². The predicted octanol–water partition coefficient (Wildman–Crippen LogP) is 12.3. The minimum absolute atomic E-state index is 0.0261. The molecule has 0 aromatic rings. The number of hydrogen-bond acceptors (Lipinski definition) is 7. The number of hydrogen-bond donors (Lipinski definition) is 0. The zero-order valence-electron chi connectivity index (χ0n) is 36.0. The zero-order chi connectivity index (χ0) is 40.1. The Morgan fingerprint density at radius 1 is 0.611 bits per heavy atom. The fourth-order valence-corrected chi connectivity index (χ4v) is 6.59. The number of carbonyl (C=O) groups is 3. The van der Waals surface area contributed by atoms with Gasteiger partial charge in [0.25, 0.3) is 0 Å². The van der Waals surface area contributed by atoms with Gasteiger partial charge in [-0.2, -0.15) is 0 Å². The van der Waals surface area contributed by atoms with E-state index >= 15 is 0 Å². The van der Waals surface area contributed by atoms with E-state index in [1.54, 1.807) is 0 Å². The van der Waals surface area contributed by atoms with Crippen LogP contribution in [0.25, 0.3) is 0 Å². The molecule has 7 heteroatoms. The van der Waals surface area contributed by atoms with Crippen molar-refractivity contribution in [2.75, 3.05) is 33.4 Å². The molecule has 54 heavy (non-hydrogen) atoms. The van der Waals surface area contributed by atoms with Crippen LogP contribution in [0.3, 0.4) is 0 Å². The number of nitrogens with zero attached hydrogens (tertiary/aromatic N) is 1. The standard InChI is InChI=1S/C47H83NO6/c1-8-11-22-30-42(6)39-45(49)52-36-27-20-16-14-18-25-33-44(47(51)54-38-29-35-48(7)41(4)5)34-26-19-15-17-21-28-37-53-46(50)40-43(31-23-12-9-2)32-24-13-10-3/h31,41-44H,2,8,10-11,13-22,24-30,32-40H2,1,3-7H3. The Balaban J connectivity index is 4.39. The summed E-state index contributed by atoms with van der Waals surface area (Å²) in [5.74, 6) is 0.275. The first kappa shape index (κ1) is 51.5. The quantitative estimate of drug-likeness (QED) is 0.0270. The van der Waals surface area contributed by atoms with Gasteiger partial charge in [0.05, 0.1) is 32.2 Å². The first-order chi connectivity index (χ1) is 26.1. The summed E-state index contributed by atoms with van der Waals surface area (Å²) in [5, 5.41) is 0. The number of allylic oxidation sites excluding steroid dienone is 1. The second-order valence-electron chi connectivity index (χ2n) is 15.9. The van der Waals surface area contributed by atoms with Crippen molar-refractivity contribution < 1.29 is 28.6 Å². The number of rotatable bonds is 37. The topological polar surface area (TPSA) is 82.1 Å². The Kier molecular flexibility index (Phi) is 35.6. The normalized spacial score (nSPS) is 12.7. The highest BCUT2D eigenvalue weighted by Gasteiger charge is 2.20. The molecule has 0 aliphatic carbocycles. The van der Waals surface area contributed by atoms with E-state index in [4.69, 9.17) is 14.2 Å². The van der Waals surface area contributed by atoms with E-state index in [9.17, 15) is 14.4 Å². The summed E-state index contributed by atoms with van der Waals surface area (Å²) in [7, 11) is 2.11. The van der Waals surface area contributed by atoms with Gasteiger partial charge in [-0.05, 0) is 89.6 Å². The van der Waals surface area contributed by atoms with Crippen LogP contribution in [0.15, 0.2) is 29.8 Å². The molecule has 3 unspecified atom stereocenters. The molecule has 0 amide bonds. The maximum Gasteiger partial charge on any atom is 0.308 e. The third-order valence-corrected chi connectivity index (χ3v) is 10.4. The van der Waals surface area contributed by atoms with Crippen molar-refractivity contribution in [2.24, 2.45) is 17.8 Å². The lowest BCUT2D eigenvalue weighted by Gasteiger charge is -2.21. The lowest BCUT2D eigenvalue weighted by Crippen LogP contribution is -2.28. The predicted molar refractivity (Wildman–Crippen MR) is 224 cm³/mol. The Labute approximate surface area is 332 Å². The Morgan fingerprint density at radius 3 is 1.63 bits per heavy atom. The highest BCUT2D eigenvalue weighted by atomic mass is 16.5. The molecule has 0 saturated carbocycles. The molecule has 0 rings (SSSR count). The van der Waals surface area contributed by atoms with Gasteiger partial charge in [-0.25, -0.2) is 0 Å². The third-order valence-electron chi connectivity index (χ3n) is 10.4. The molecule has 0 saturated heterocycles. The highest BCUT2D eigenvalue weighted by Crippen LogP contribution is 2.22. The molecule has 0 spiro atoms. The van der Waals surface area contributed by atoms with Crippen molar-refractivity contribution in [3.63, 3.8) is 0 Å². The molecule has 0 heterocycles. The Bertz CT molecular complexity index is 1050. The first-order valence-corrected chi connectivity index (χ1v) is 22.2. The van der Waals surface area contributed by atoms with Crippen LogP contribution in [-0.2, 0) is 28.6 Å². The summed E-state index contributed by atoms with van der Waals surface area (Å²) in [6, 6.07) is 0.483. The van der Waals surface area contributed by atoms with Gasteiger partial charge < -0.3 is 19.1 Å². The third kappa shape index (κ3) is 32.8. The van der Waals surface area contributed by atoms with Gasteiger partial charge in [0.1, 0.15) is 0 Å². The molecular weight excluding hydrogens is 675 g/mol. The van der Waals surface area contributed by atoms with E-state index in [-0.39, 0.29) is 29.7 Å². The van der Waals surface area contributed by atoms with Crippen molar-refractivity contribution in [2.45, 2.75) is 201 Å². The van der Waals surface area contributed by atoms with Crippen molar-refractivity contribution in [1.82, 2.24) is 4.90 Å². The Morgan fingerprint density at radius 2 is 1.09 bits per heavy atom. The summed E-state index contributed by atoms with van der Waals surface area (Å²) in [4.78, 5) is 39.9. The van der Waals surface area contributed by atoms with Gasteiger partial charge in [0.2, 0.25) is 0 Å². The molecule has 0 fully saturated rings. The fourth-order valence-electron chi connectivity index (χ4n) is 6.59. The van der Waals surface area contributed by atoms with E-state index in [2.05, 4.69) is 70.3 Å². The van der Waals surface area contributed by atoms with Crippen LogP contribution < -0.4 is 0 Å². The van der Waals surface area contributed by atoms with Crippen LogP contribution >= 0.6 is 0 Å². The van der Waals surface area contributed by atoms with Gasteiger partial charge >= 0.3 is 17.9 Å². The number of carbonyl (C=O) groups excluding carboxylic acids is 3. The van der Waals surface area contributed by atoms with Crippen molar-refractivity contribution >= 4 is 17.9 Å². The van der Waals surface area contributed by atoms with Crippen LogP contribution in [0.5, 0.6) is 0 Å². The van der Waals surface area contributed by atoms with Crippen molar-refractivity contribution in [3.05, 3.63) is 29.8 Å². The molecule has 3 atom stereocenters. The van der Waals surface area contributed by atoms with E-state index in [1.807, 2.05) is 6.08 Å². The van der Waals surface area contributed by atoms with E-state index in [0.717, 1.165) is 135 Å². The average molecular weight is 758 g/mol. The van der Waals surface area contributed by atoms with Crippen LogP contribution in [0, 0.1) is 17.8 Å². The van der Waals surface area contributed by atoms with E-state index < -0.39 is 0 Å². The van der Waals surface area contributed by atoms with Crippen LogP contribution in [0.4, 0.5) is 0 Å². The van der Waals surface area contributed by atoms with Crippen LogP contribution in [0.2, 0.25) is 0 Å². The molecule has 0 N–H and O–H groups in total. The van der Waals surface area contributed by atoms with E-state index in [1.165, 1.54) is 19.3 Å². The van der Waals surface area contributed by atoms with Gasteiger partial charge in [0.15, 0.2) is 0 Å². The maximum absolute atomic E-state index is 13.1. The molecule has 0 aliphatic rings. The zero-order valence-corrected chi connectivity index (χ0v) is 36.0. The average Bonchev–Trinajstić information content (AvgIpc) is 3.14. The van der Waals surface area contributed by atoms with Crippen molar-refractivity contribution in [3.8, 4) is 0 Å². The summed E-state index contributed by atoms with van der Waals surface area (Å²) >= 11 is 0. The largest absolute Gasteiger partial charge is 0.466 e. The molecule has 0 radical (unpaired) electrons. The summed E-state index contributed by atoms with van der Waals surface area (Å²) in [6.07, 6.45) is 27.2. The van der Waals surface area contributed by atoms with Gasteiger partial charge in [-0.15, -0.1) is 0 Å². The van der Waals surface area contributed by atoms with Gasteiger partial charge in [-0.3, -0.25) is 14.4 Å². The molecule has 0 aromatic heterocycles. The number of unbranched alkanes of at least 4 members (excludes halogenated alkanes) is 14. The molecular formula is C47H83NO6. The lowest BCUT2D eigenvalue weighted by atomic mass is 9.94. The second-order valence-corrected chi connectivity index (χ2v) is 15.9. The number of esters is 3. The van der Waals surface area contributed by atoms with Crippen LogP contribution in [0.1, 0.15) is 195 Å². The summed E-state index contributed by atoms with van der Waals surface area (Å²) in [5.41, 5.74) is 8.24. The first-order valence-electron chi connectivity index (χ1n) is 22.2. The summed E-state index contributed by atoms with van der Waals surface area (Å²) in [6.45, 7) is 16.8. The molecule has 0 aliphatic heterocycles. The summed E-state index contributed by atoms with van der Waals surface area (Å²) < 4.78 is 16.8. The van der Waals surface area contributed by atoms with Gasteiger partial charge in [0, 0.05) is 19.0 Å². The number of ether oxygens (including phenoxy) is 3. The van der Waals surface area contributed by atoms with E-state index in [0.29, 0.717) is 44.6 Å². The monoisotopic (exact) mass is 758 g/mol. The molecule has 7 nitrogen and oxygen atoms in total. The fraction of sp³-hybridized carbons (Fsp3) is 0.830. The SMILES string of the molecule is C=C=C=C=CC(CCCCC)CC(=O)OCCCCCCCCC(CCCCCCCCOC(=O)CC(C)CCCCC)C(=O)OCCCN(C)C(C)C. The van der Waals surface area contributed by atoms with Crippen LogP contribution in [-0.4, -0.2) is 62.3 Å². The smallest absolute Gasteiger partial charge is 0.308 e. The minimum atomic E-state index is -0.141. The molecule has 0 aromatic carbocycles. The van der Waals surface area contributed by atoms with Gasteiger partial charge in [-0.1, -0.05) is 141 Å². The minimum Gasteiger partial charge on any atom is -0.466 e.